The van der Waals surface area contributed by atoms with Crippen LogP contribution in [0.4, 0.5) is 0 Å². The first-order valence-corrected chi connectivity index (χ1v) is 10.9. The van der Waals surface area contributed by atoms with Crippen LogP contribution in [-0.4, -0.2) is 43.2 Å². The van der Waals surface area contributed by atoms with Gasteiger partial charge < -0.3 is 10.1 Å². The molecule has 2 fully saturated rings. The van der Waals surface area contributed by atoms with E-state index < -0.39 is 0 Å². The Hall–Kier alpha value is -1.39. The van der Waals surface area contributed by atoms with E-state index in [4.69, 9.17) is 4.74 Å². The zero-order chi connectivity index (χ0) is 19.6. The molecule has 27 heavy (non-hydrogen) atoms. The van der Waals surface area contributed by atoms with Crippen molar-refractivity contribution in [1.29, 1.82) is 0 Å². The third-order valence-electron chi connectivity index (χ3n) is 5.77. The molecule has 0 spiro atoms. The van der Waals surface area contributed by atoms with Gasteiger partial charge in [0.25, 0.3) is 0 Å². The molecule has 0 bridgehead atoms. The van der Waals surface area contributed by atoms with E-state index >= 15 is 0 Å². The second-order valence-electron chi connectivity index (χ2n) is 7.52. The van der Waals surface area contributed by atoms with Gasteiger partial charge >= 0.3 is 0 Å². The molecule has 4 nitrogen and oxygen atoms in total. The first kappa shape index (κ1) is 21.9. The maximum absolute atomic E-state index is 12.9. The topological polar surface area (TPSA) is 41.6 Å². The Bertz CT molecular complexity index is 569. The number of hydrogen-bond acceptors (Lipinski definition) is 3. The van der Waals surface area contributed by atoms with Gasteiger partial charge in [-0.3, -0.25) is 9.69 Å². The highest BCUT2D eigenvalue weighted by molar-refractivity contribution is 5.82. The van der Waals surface area contributed by atoms with Crippen LogP contribution in [0, 0.1) is 5.92 Å². The fourth-order valence-corrected chi connectivity index (χ4v) is 4.29. The Morgan fingerprint density at radius 3 is 2.67 bits per heavy atom. The molecule has 0 aromatic heterocycles. The highest BCUT2D eigenvalue weighted by Gasteiger charge is 2.32. The van der Waals surface area contributed by atoms with Crippen LogP contribution < -0.4 is 5.32 Å². The third-order valence-corrected chi connectivity index (χ3v) is 5.77. The number of carbonyl (C=O) groups is 1. The van der Waals surface area contributed by atoms with E-state index in [1.807, 2.05) is 19.9 Å². The van der Waals surface area contributed by atoms with Crippen LogP contribution in [0.5, 0.6) is 0 Å². The fourth-order valence-electron chi connectivity index (χ4n) is 4.29. The normalized spacial score (nSPS) is 22.0. The average Bonchev–Trinajstić information content (AvgIpc) is 3.23. The van der Waals surface area contributed by atoms with Gasteiger partial charge in [0.2, 0.25) is 5.91 Å². The molecule has 4 heteroatoms. The summed E-state index contributed by atoms with van der Waals surface area (Å²) < 4.78 is 5.63. The van der Waals surface area contributed by atoms with Gasteiger partial charge in [-0.15, -0.1) is 0 Å². The van der Waals surface area contributed by atoms with Crippen molar-refractivity contribution in [3.05, 3.63) is 35.4 Å². The molecule has 1 heterocycles. The molecule has 1 aliphatic heterocycles. The molecule has 2 unspecified atom stereocenters. The van der Waals surface area contributed by atoms with E-state index in [-0.39, 0.29) is 18.0 Å². The Balaban J connectivity index is 0.00000126. The number of rotatable bonds is 6. The summed E-state index contributed by atoms with van der Waals surface area (Å²) in [6.07, 6.45) is 6.29. The third kappa shape index (κ3) is 6.05. The van der Waals surface area contributed by atoms with Crippen LogP contribution in [0.1, 0.15) is 70.5 Å². The molecular formula is C23H38N2O2. The lowest BCUT2D eigenvalue weighted by atomic mass is 9.99. The molecule has 1 N–H and O–H groups in total. The number of ether oxygens (including phenoxy) is 1. The molecule has 1 aliphatic carbocycles. The standard InChI is InChI=1S/C21H32N2O2.C2H6/c1-3-18-10-6-7-11-19(18)16(2)22-21(24)20-15-25-13-12-23(20)14-17-8-4-5-9-17;1-2/h6-7,10-11,16-17,20H,3-5,8-9,12-15H2,1-2H3,(H,22,24);1-2H3. The smallest absolute Gasteiger partial charge is 0.240 e. The largest absolute Gasteiger partial charge is 0.378 e. The molecule has 1 saturated heterocycles. The zero-order valence-corrected chi connectivity index (χ0v) is 17.7. The Labute approximate surface area is 165 Å². The minimum absolute atomic E-state index is 0.0268. The van der Waals surface area contributed by atoms with Gasteiger partial charge in [-0.25, -0.2) is 0 Å². The number of amides is 1. The molecule has 2 atom stereocenters. The molecule has 1 amide bonds. The molecular weight excluding hydrogens is 336 g/mol. The van der Waals surface area contributed by atoms with Crippen molar-refractivity contribution in [2.24, 2.45) is 5.92 Å². The van der Waals surface area contributed by atoms with Gasteiger partial charge in [-0.1, -0.05) is 57.9 Å². The summed E-state index contributed by atoms with van der Waals surface area (Å²) in [6.45, 7) is 11.4. The Kier molecular flexibility index (Phi) is 9.29. The molecule has 152 valence electrons. The van der Waals surface area contributed by atoms with Crippen molar-refractivity contribution in [2.45, 2.75) is 71.9 Å². The van der Waals surface area contributed by atoms with Crippen molar-refractivity contribution in [2.75, 3.05) is 26.3 Å². The fraction of sp³-hybridized carbons (Fsp3) is 0.696. The van der Waals surface area contributed by atoms with Crippen LogP contribution in [0.2, 0.25) is 0 Å². The highest BCUT2D eigenvalue weighted by Crippen LogP contribution is 2.27. The molecule has 2 aliphatic rings. The number of aryl methyl sites for hydroxylation is 1. The summed E-state index contributed by atoms with van der Waals surface area (Å²) in [5, 5.41) is 3.23. The summed E-state index contributed by atoms with van der Waals surface area (Å²) >= 11 is 0. The lowest BCUT2D eigenvalue weighted by Gasteiger charge is -2.36. The van der Waals surface area contributed by atoms with Crippen LogP contribution >= 0.6 is 0 Å². The molecule has 1 saturated carbocycles. The van der Waals surface area contributed by atoms with Gasteiger partial charge in [0.05, 0.1) is 19.3 Å². The lowest BCUT2D eigenvalue weighted by Crippen LogP contribution is -2.55. The van der Waals surface area contributed by atoms with Gasteiger partial charge in [0, 0.05) is 13.1 Å². The predicted molar refractivity (Wildman–Crippen MR) is 112 cm³/mol. The summed E-state index contributed by atoms with van der Waals surface area (Å²) in [6, 6.07) is 8.26. The van der Waals surface area contributed by atoms with E-state index in [9.17, 15) is 4.79 Å². The van der Waals surface area contributed by atoms with Crippen LogP contribution in [-0.2, 0) is 16.0 Å². The van der Waals surface area contributed by atoms with Crippen molar-refractivity contribution in [3.8, 4) is 0 Å². The van der Waals surface area contributed by atoms with Crippen molar-refractivity contribution < 1.29 is 9.53 Å². The van der Waals surface area contributed by atoms with Gasteiger partial charge in [-0.05, 0) is 43.2 Å². The number of hydrogen-bond donors (Lipinski definition) is 1. The first-order chi connectivity index (χ1) is 13.2. The second-order valence-corrected chi connectivity index (χ2v) is 7.52. The monoisotopic (exact) mass is 374 g/mol. The van der Waals surface area contributed by atoms with Crippen LogP contribution in [0.25, 0.3) is 0 Å². The average molecular weight is 375 g/mol. The number of nitrogens with zero attached hydrogens (tertiary/aromatic N) is 1. The minimum atomic E-state index is -0.148. The van der Waals surface area contributed by atoms with Crippen molar-refractivity contribution in [1.82, 2.24) is 10.2 Å². The van der Waals surface area contributed by atoms with E-state index in [1.54, 1.807) is 0 Å². The highest BCUT2D eigenvalue weighted by atomic mass is 16.5. The summed E-state index contributed by atoms with van der Waals surface area (Å²) in [4.78, 5) is 15.3. The van der Waals surface area contributed by atoms with Gasteiger partial charge in [0.15, 0.2) is 0 Å². The number of carbonyl (C=O) groups excluding carboxylic acids is 1. The minimum Gasteiger partial charge on any atom is -0.378 e. The molecule has 1 aromatic carbocycles. The maximum Gasteiger partial charge on any atom is 0.240 e. The van der Waals surface area contributed by atoms with Crippen LogP contribution in [0.15, 0.2) is 24.3 Å². The first-order valence-electron chi connectivity index (χ1n) is 10.9. The number of nitrogens with one attached hydrogen (secondary N) is 1. The summed E-state index contributed by atoms with van der Waals surface area (Å²) in [7, 11) is 0. The van der Waals surface area contributed by atoms with Crippen molar-refractivity contribution >= 4 is 5.91 Å². The Morgan fingerprint density at radius 1 is 1.26 bits per heavy atom. The van der Waals surface area contributed by atoms with E-state index in [0.29, 0.717) is 6.61 Å². The van der Waals surface area contributed by atoms with Gasteiger partial charge in [0.1, 0.15) is 6.04 Å². The van der Waals surface area contributed by atoms with E-state index in [0.717, 1.165) is 32.0 Å². The quantitative estimate of drug-likeness (QED) is 0.805. The van der Waals surface area contributed by atoms with Crippen LogP contribution in [0.3, 0.4) is 0 Å². The van der Waals surface area contributed by atoms with Crippen molar-refractivity contribution in [3.63, 3.8) is 0 Å². The predicted octanol–water partition coefficient (Wildman–Crippen LogP) is 4.34. The van der Waals surface area contributed by atoms with E-state index in [2.05, 4.69) is 42.3 Å². The van der Waals surface area contributed by atoms with Gasteiger partial charge in [-0.2, -0.15) is 0 Å². The lowest BCUT2D eigenvalue weighted by molar-refractivity contribution is -0.133. The second kappa shape index (κ2) is 11.5. The Morgan fingerprint density at radius 2 is 1.96 bits per heavy atom. The zero-order valence-electron chi connectivity index (χ0n) is 17.7. The number of benzene rings is 1. The summed E-state index contributed by atoms with van der Waals surface area (Å²) in [5.41, 5.74) is 2.52. The van der Waals surface area contributed by atoms with E-state index in [1.165, 1.54) is 36.8 Å². The summed E-state index contributed by atoms with van der Waals surface area (Å²) in [5.74, 6) is 0.864. The number of morpholine rings is 1. The SMILES string of the molecule is CC.CCc1ccccc1C(C)NC(=O)C1COCCN1CC1CCCC1. The molecule has 0 radical (unpaired) electrons. The molecule has 3 rings (SSSR count). The molecule has 1 aromatic rings. The maximum atomic E-state index is 12.9.